The van der Waals surface area contributed by atoms with Gasteiger partial charge >= 0.3 is 0 Å². The summed E-state index contributed by atoms with van der Waals surface area (Å²) in [4.78, 5) is 11.9. The van der Waals surface area contributed by atoms with E-state index in [1.807, 2.05) is 24.3 Å². The Kier molecular flexibility index (Phi) is 3.99. The van der Waals surface area contributed by atoms with Gasteiger partial charge in [0.15, 0.2) is 0 Å². The zero-order valence-corrected chi connectivity index (χ0v) is 10.4. The highest BCUT2D eigenvalue weighted by atomic mass is 16.3. The normalized spacial score (nSPS) is 17.7. The second-order valence-corrected chi connectivity index (χ2v) is 4.85. The maximum absolute atomic E-state index is 11.9. The Balaban J connectivity index is 1.97. The van der Waals surface area contributed by atoms with Crippen LogP contribution in [0.4, 0.5) is 0 Å². The smallest absolute Gasteiger partial charge is 0.252 e. The molecule has 1 aromatic rings. The van der Waals surface area contributed by atoms with E-state index in [-0.39, 0.29) is 12.5 Å². The number of amides is 1. The average molecular weight is 249 g/mol. The van der Waals surface area contributed by atoms with Crippen LogP contribution in [0.2, 0.25) is 0 Å². The molecule has 0 saturated heterocycles. The SMILES string of the molecule is O=C(NCc1ccccc1CO)C1(O)CCCC1. The first kappa shape index (κ1) is 13.1. The van der Waals surface area contributed by atoms with Gasteiger partial charge in [0.05, 0.1) is 6.61 Å². The third kappa shape index (κ3) is 2.71. The van der Waals surface area contributed by atoms with Crippen molar-refractivity contribution in [2.24, 2.45) is 0 Å². The van der Waals surface area contributed by atoms with Gasteiger partial charge in [0.1, 0.15) is 5.60 Å². The predicted molar refractivity (Wildman–Crippen MR) is 67.6 cm³/mol. The van der Waals surface area contributed by atoms with Crippen LogP contribution in [0.1, 0.15) is 36.8 Å². The van der Waals surface area contributed by atoms with Gasteiger partial charge in [-0.25, -0.2) is 0 Å². The minimum atomic E-state index is -1.19. The monoisotopic (exact) mass is 249 g/mol. The van der Waals surface area contributed by atoms with Crippen LogP contribution in [0, 0.1) is 0 Å². The van der Waals surface area contributed by atoms with Crippen LogP contribution >= 0.6 is 0 Å². The lowest BCUT2D eigenvalue weighted by Gasteiger charge is -2.21. The number of hydrogen-bond donors (Lipinski definition) is 3. The van der Waals surface area contributed by atoms with Crippen molar-refractivity contribution in [1.29, 1.82) is 0 Å². The highest BCUT2D eigenvalue weighted by molar-refractivity contribution is 5.85. The molecule has 0 aliphatic heterocycles. The third-order valence-corrected chi connectivity index (χ3v) is 3.58. The molecule has 1 amide bonds. The Morgan fingerprint density at radius 2 is 1.83 bits per heavy atom. The average Bonchev–Trinajstić information content (AvgIpc) is 2.84. The van der Waals surface area contributed by atoms with E-state index in [4.69, 9.17) is 0 Å². The van der Waals surface area contributed by atoms with Gasteiger partial charge in [-0.2, -0.15) is 0 Å². The summed E-state index contributed by atoms with van der Waals surface area (Å²) in [5.41, 5.74) is 0.500. The molecular weight excluding hydrogens is 230 g/mol. The van der Waals surface area contributed by atoms with Crippen molar-refractivity contribution in [3.8, 4) is 0 Å². The van der Waals surface area contributed by atoms with E-state index in [1.54, 1.807) is 0 Å². The zero-order chi connectivity index (χ0) is 13.0. The van der Waals surface area contributed by atoms with Gasteiger partial charge in [-0.05, 0) is 36.8 Å². The highest BCUT2D eigenvalue weighted by Crippen LogP contribution is 2.29. The van der Waals surface area contributed by atoms with Gasteiger partial charge in [0, 0.05) is 6.54 Å². The molecule has 1 aliphatic carbocycles. The van der Waals surface area contributed by atoms with Crippen LogP contribution in [0.3, 0.4) is 0 Å². The number of aliphatic hydroxyl groups excluding tert-OH is 1. The van der Waals surface area contributed by atoms with Gasteiger partial charge in [0.2, 0.25) is 0 Å². The van der Waals surface area contributed by atoms with Crippen LogP contribution in [0.5, 0.6) is 0 Å². The molecule has 0 radical (unpaired) electrons. The minimum absolute atomic E-state index is 0.0453. The first-order valence-electron chi connectivity index (χ1n) is 6.34. The van der Waals surface area contributed by atoms with Gasteiger partial charge < -0.3 is 15.5 Å². The zero-order valence-electron chi connectivity index (χ0n) is 10.4. The maximum Gasteiger partial charge on any atom is 0.252 e. The summed E-state index contributed by atoms with van der Waals surface area (Å²) in [5.74, 6) is -0.298. The van der Waals surface area contributed by atoms with Crippen molar-refractivity contribution in [3.63, 3.8) is 0 Å². The molecular formula is C14H19NO3. The van der Waals surface area contributed by atoms with Crippen LogP contribution < -0.4 is 5.32 Å². The molecule has 18 heavy (non-hydrogen) atoms. The number of carbonyl (C=O) groups is 1. The van der Waals surface area contributed by atoms with Crippen LogP contribution in [0.25, 0.3) is 0 Å². The van der Waals surface area contributed by atoms with Crippen molar-refractivity contribution in [1.82, 2.24) is 5.32 Å². The lowest BCUT2D eigenvalue weighted by molar-refractivity contribution is -0.139. The van der Waals surface area contributed by atoms with Crippen molar-refractivity contribution >= 4 is 5.91 Å². The van der Waals surface area contributed by atoms with E-state index < -0.39 is 5.60 Å². The maximum atomic E-state index is 11.9. The topological polar surface area (TPSA) is 69.6 Å². The van der Waals surface area contributed by atoms with Gasteiger partial charge in [-0.15, -0.1) is 0 Å². The fourth-order valence-electron chi connectivity index (χ4n) is 2.41. The fraction of sp³-hybridized carbons (Fsp3) is 0.500. The van der Waals surface area contributed by atoms with E-state index in [0.29, 0.717) is 19.4 Å². The molecule has 1 aliphatic rings. The van der Waals surface area contributed by atoms with E-state index >= 15 is 0 Å². The number of rotatable bonds is 4. The molecule has 1 saturated carbocycles. The van der Waals surface area contributed by atoms with Gasteiger partial charge in [0.25, 0.3) is 5.91 Å². The first-order valence-corrected chi connectivity index (χ1v) is 6.34. The molecule has 0 heterocycles. The summed E-state index contributed by atoms with van der Waals surface area (Å²) in [6, 6.07) is 7.41. The first-order chi connectivity index (χ1) is 8.65. The van der Waals surface area contributed by atoms with Crippen LogP contribution in [0.15, 0.2) is 24.3 Å². The summed E-state index contributed by atoms with van der Waals surface area (Å²) in [6.07, 6.45) is 2.88. The fourth-order valence-corrected chi connectivity index (χ4v) is 2.41. The largest absolute Gasteiger partial charge is 0.392 e. The Hall–Kier alpha value is -1.39. The summed E-state index contributed by atoms with van der Waals surface area (Å²) in [5, 5.41) is 22.0. The summed E-state index contributed by atoms with van der Waals surface area (Å²) >= 11 is 0. The molecule has 0 atom stereocenters. The summed E-state index contributed by atoms with van der Waals surface area (Å²) < 4.78 is 0. The second kappa shape index (κ2) is 5.50. The number of hydrogen-bond acceptors (Lipinski definition) is 3. The lowest BCUT2D eigenvalue weighted by atomic mass is 10.0. The predicted octanol–water partition coefficient (Wildman–Crippen LogP) is 1.10. The highest BCUT2D eigenvalue weighted by Gasteiger charge is 2.38. The lowest BCUT2D eigenvalue weighted by Crippen LogP contribution is -2.44. The Morgan fingerprint density at radius 1 is 1.22 bits per heavy atom. The molecule has 3 N–H and O–H groups in total. The molecule has 4 heteroatoms. The quantitative estimate of drug-likeness (QED) is 0.748. The van der Waals surface area contributed by atoms with Crippen molar-refractivity contribution in [3.05, 3.63) is 35.4 Å². The van der Waals surface area contributed by atoms with Gasteiger partial charge in [-0.1, -0.05) is 24.3 Å². The van der Waals surface area contributed by atoms with Crippen LogP contribution in [-0.4, -0.2) is 21.7 Å². The van der Waals surface area contributed by atoms with E-state index in [1.165, 1.54) is 0 Å². The van der Waals surface area contributed by atoms with Crippen LogP contribution in [-0.2, 0) is 17.9 Å². The molecule has 0 aromatic heterocycles. The summed E-state index contributed by atoms with van der Waals surface area (Å²) in [6.45, 7) is 0.300. The molecule has 1 fully saturated rings. The molecule has 0 spiro atoms. The third-order valence-electron chi connectivity index (χ3n) is 3.58. The molecule has 2 rings (SSSR count). The number of carbonyl (C=O) groups excluding carboxylic acids is 1. The Labute approximate surface area is 107 Å². The number of aliphatic hydroxyl groups is 2. The van der Waals surface area contributed by atoms with E-state index in [0.717, 1.165) is 24.0 Å². The molecule has 98 valence electrons. The van der Waals surface area contributed by atoms with E-state index in [9.17, 15) is 15.0 Å². The standard InChI is InChI=1S/C14H19NO3/c16-10-12-6-2-1-5-11(12)9-15-13(17)14(18)7-3-4-8-14/h1-2,5-6,16,18H,3-4,7-10H2,(H,15,17). The van der Waals surface area contributed by atoms with Gasteiger partial charge in [-0.3, -0.25) is 4.79 Å². The Bertz CT molecular complexity index is 425. The Morgan fingerprint density at radius 3 is 2.44 bits per heavy atom. The summed E-state index contributed by atoms with van der Waals surface area (Å²) in [7, 11) is 0. The van der Waals surface area contributed by atoms with Crippen molar-refractivity contribution in [2.75, 3.05) is 0 Å². The van der Waals surface area contributed by atoms with Crippen molar-refractivity contribution < 1.29 is 15.0 Å². The molecule has 0 bridgehead atoms. The second-order valence-electron chi connectivity index (χ2n) is 4.85. The molecule has 4 nitrogen and oxygen atoms in total. The van der Waals surface area contributed by atoms with E-state index in [2.05, 4.69) is 5.32 Å². The number of nitrogens with one attached hydrogen (secondary N) is 1. The number of benzene rings is 1. The molecule has 0 unspecified atom stereocenters. The minimum Gasteiger partial charge on any atom is -0.392 e. The van der Waals surface area contributed by atoms with Crippen molar-refractivity contribution in [2.45, 2.75) is 44.4 Å². The molecule has 1 aromatic carbocycles.